The smallest absolute Gasteiger partial charge is 0.119 e. The van der Waals surface area contributed by atoms with Gasteiger partial charge in [-0.15, -0.1) is 0 Å². The largest absolute Gasteiger partial charge is 0.489 e. The van der Waals surface area contributed by atoms with E-state index in [1.54, 1.807) is 0 Å². The van der Waals surface area contributed by atoms with E-state index in [-0.39, 0.29) is 6.61 Å². The highest BCUT2D eigenvalue weighted by Gasteiger charge is 1.97. The van der Waals surface area contributed by atoms with Gasteiger partial charge in [-0.05, 0) is 41.8 Å². The lowest BCUT2D eigenvalue weighted by Gasteiger charge is -2.07. The molecule has 0 spiro atoms. The van der Waals surface area contributed by atoms with Crippen LogP contribution in [0.3, 0.4) is 0 Å². The monoisotopic (exact) mass is 266 g/mol. The first-order valence-corrected chi connectivity index (χ1v) is 6.72. The van der Waals surface area contributed by atoms with Crippen molar-refractivity contribution in [2.24, 2.45) is 0 Å². The third kappa shape index (κ3) is 4.15. The molecular formula is C18H18O2. The summed E-state index contributed by atoms with van der Waals surface area (Å²) in [5, 5.41) is 8.69. The highest BCUT2D eigenvalue weighted by atomic mass is 16.5. The minimum absolute atomic E-state index is 0.121. The Balaban J connectivity index is 1.99. The van der Waals surface area contributed by atoms with E-state index < -0.39 is 0 Å². The molecule has 0 aliphatic rings. The summed E-state index contributed by atoms with van der Waals surface area (Å²) in [6.45, 7) is 2.53. The average molecular weight is 266 g/mol. The van der Waals surface area contributed by atoms with Crippen molar-refractivity contribution in [2.75, 3.05) is 6.61 Å². The van der Waals surface area contributed by atoms with Gasteiger partial charge in [-0.25, -0.2) is 0 Å². The van der Waals surface area contributed by atoms with E-state index in [2.05, 4.69) is 30.9 Å². The predicted molar refractivity (Wildman–Crippen MR) is 80.6 cm³/mol. The van der Waals surface area contributed by atoms with Crippen molar-refractivity contribution in [3.63, 3.8) is 0 Å². The number of hydrogen-bond donors (Lipinski definition) is 1. The van der Waals surface area contributed by atoms with Crippen LogP contribution in [0.25, 0.3) is 0 Å². The van der Waals surface area contributed by atoms with E-state index in [9.17, 15) is 0 Å². The molecule has 0 atom stereocenters. The van der Waals surface area contributed by atoms with E-state index in [0.717, 1.165) is 23.3 Å². The van der Waals surface area contributed by atoms with Gasteiger partial charge < -0.3 is 9.84 Å². The zero-order valence-corrected chi connectivity index (χ0v) is 11.6. The van der Waals surface area contributed by atoms with Crippen LogP contribution in [0.4, 0.5) is 0 Å². The van der Waals surface area contributed by atoms with Crippen LogP contribution in [-0.2, 0) is 13.0 Å². The third-order valence-corrected chi connectivity index (χ3v) is 2.98. The predicted octanol–water partition coefficient (Wildman–Crippen LogP) is 3.17. The van der Waals surface area contributed by atoms with Crippen molar-refractivity contribution >= 4 is 0 Å². The molecule has 20 heavy (non-hydrogen) atoms. The Morgan fingerprint density at radius 3 is 2.55 bits per heavy atom. The molecule has 0 radical (unpaired) electrons. The SMILES string of the molecule is CCc1ccc(OCc2cccc(C#CCO)c2)cc1. The standard InChI is InChI=1S/C18H18O2/c1-2-15-8-10-18(11-9-15)20-14-17-6-3-5-16(13-17)7-4-12-19/h3,5-6,8-11,13,19H,2,12,14H2,1H3. The van der Waals surface area contributed by atoms with Crippen molar-refractivity contribution in [1.29, 1.82) is 0 Å². The minimum Gasteiger partial charge on any atom is -0.489 e. The second-order valence-corrected chi connectivity index (χ2v) is 4.45. The van der Waals surface area contributed by atoms with Gasteiger partial charge in [0, 0.05) is 5.56 Å². The normalized spacial score (nSPS) is 9.70. The summed E-state index contributed by atoms with van der Waals surface area (Å²) in [6.07, 6.45) is 1.03. The van der Waals surface area contributed by atoms with Crippen LogP contribution in [-0.4, -0.2) is 11.7 Å². The molecule has 0 amide bonds. The molecule has 0 saturated carbocycles. The van der Waals surface area contributed by atoms with E-state index in [0.29, 0.717) is 6.61 Å². The molecule has 2 nitrogen and oxygen atoms in total. The number of ether oxygens (including phenoxy) is 1. The molecule has 0 aromatic heterocycles. The van der Waals surface area contributed by atoms with Gasteiger partial charge in [-0.3, -0.25) is 0 Å². The van der Waals surface area contributed by atoms with Crippen LogP contribution in [0.15, 0.2) is 48.5 Å². The van der Waals surface area contributed by atoms with Gasteiger partial charge >= 0.3 is 0 Å². The van der Waals surface area contributed by atoms with Crippen LogP contribution in [0, 0.1) is 11.8 Å². The maximum atomic E-state index is 8.69. The summed E-state index contributed by atoms with van der Waals surface area (Å²) in [6, 6.07) is 16.0. The molecule has 0 fully saturated rings. The quantitative estimate of drug-likeness (QED) is 0.861. The lowest BCUT2D eigenvalue weighted by atomic mass is 10.1. The zero-order chi connectivity index (χ0) is 14.2. The summed E-state index contributed by atoms with van der Waals surface area (Å²) in [7, 11) is 0. The molecule has 0 heterocycles. The molecule has 102 valence electrons. The van der Waals surface area contributed by atoms with Gasteiger partial charge in [0.1, 0.15) is 19.0 Å². The van der Waals surface area contributed by atoms with E-state index in [1.807, 2.05) is 36.4 Å². The average Bonchev–Trinajstić information content (AvgIpc) is 2.52. The molecule has 1 N–H and O–H groups in total. The molecule has 2 heteroatoms. The number of aryl methyl sites for hydroxylation is 1. The third-order valence-electron chi connectivity index (χ3n) is 2.98. The van der Waals surface area contributed by atoms with E-state index in [4.69, 9.17) is 9.84 Å². The lowest BCUT2D eigenvalue weighted by Crippen LogP contribution is -1.96. The molecule has 0 saturated heterocycles. The minimum atomic E-state index is -0.121. The molecule has 0 bridgehead atoms. The van der Waals surface area contributed by atoms with E-state index >= 15 is 0 Å². The summed E-state index contributed by atoms with van der Waals surface area (Å²) >= 11 is 0. The van der Waals surface area contributed by atoms with Crippen LogP contribution < -0.4 is 4.74 Å². The molecule has 0 unspecified atom stereocenters. The fourth-order valence-corrected chi connectivity index (χ4v) is 1.87. The Labute approximate surface area is 120 Å². The fourth-order valence-electron chi connectivity index (χ4n) is 1.87. The highest BCUT2D eigenvalue weighted by Crippen LogP contribution is 2.15. The maximum absolute atomic E-state index is 8.69. The summed E-state index contributed by atoms with van der Waals surface area (Å²) in [4.78, 5) is 0. The molecule has 2 aromatic carbocycles. The second-order valence-electron chi connectivity index (χ2n) is 4.45. The van der Waals surface area contributed by atoms with Gasteiger partial charge in [0.25, 0.3) is 0 Å². The van der Waals surface area contributed by atoms with Crippen molar-refractivity contribution < 1.29 is 9.84 Å². The number of aliphatic hydroxyl groups excluding tert-OH is 1. The molecule has 2 rings (SSSR count). The maximum Gasteiger partial charge on any atom is 0.119 e. The molecule has 0 aliphatic carbocycles. The van der Waals surface area contributed by atoms with Crippen LogP contribution in [0.1, 0.15) is 23.6 Å². The van der Waals surface area contributed by atoms with Gasteiger partial charge in [0.15, 0.2) is 0 Å². The van der Waals surface area contributed by atoms with Gasteiger partial charge in [0.2, 0.25) is 0 Å². The van der Waals surface area contributed by atoms with Crippen LogP contribution in [0.5, 0.6) is 5.75 Å². The second kappa shape index (κ2) is 7.37. The van der Waals surface area contributed by atoms with Crippen molar-refractivity contribution in [3.05, 3.63) is 65.2 Å². The summed E-state index contributed by atoms with van der Waals surface area (Å²) in [5.74, 6) is 6.40. The summed E-state index contributed by atoms with van der Waals surface area (Å²) < 4.78 is 5.75. The fraction of sp³-hybridized carbons (Fsp3) is 0.222. The van der Waals surface area contributed by atoms with Crippen LogP contribution >= 0.6 is 0 Å². The summed E-state index contributed by atoms with van der Waals surface area (Å²) in [5.41, 5.74) is 3.26. The molecule has 0 aliphatic heterocycles. The molecular weight excluding hydrogens is 248 g/mol. The Morgan fingerprint density at radius 2 is 1.85 bits per heavy atom. The van der Waals surface area contributed by atoms with Gasteiger partial charge in [0.05, 0.1) is 0 Å². The Hall–Kier alpha value is -2.24. The van der Waals surface area contributed by atoms with E-state index in [1.165, 1.54) is 5.56 Å². The number of rotatable bonds is 4. The first-order valence-electron chi connectivity index (χ1n) is 6.72. The first-order chi connectivity index (χ1) is 9.81. The Bertz CT molecular complexity index is 603. The van der Waals surface area contributed by atoms with Crippen LogP contribution in [0.2, 0.25) is 0 Å². The van der Waals surface area contributed by atoms with Crippen molar-refractivity contribution in [2.45, 2.75) is 20.0 Å². The van der Waals surface area contributed by atoms with Crippen molar-refractivity contribution in [3.8, 4) is 17.6 Å². The molecule has 2 aromatic rings. The highest BCUT2D eigenvalue weighted by molar-refractivity contribution is 5.37. The Kier molecular flexibility index (Phi) is 5.23. The van der Waals surface area contributed by atoms with Crippen molar-refractivity contribution in [1.82, 2.24) is 0 Å². The number of hydrogen-bond acceptors (Lipinski definition) is 2. The van der Waals surface area contributed by atoms with Gasteiger partial charge in [-0.2, -0.15) is 0 Å². The zero-order valence-electron chi connectivity index (χ0n) is 11.6. The lowest BCUT2D eigenvalue weighted by molar-refractivity contribution is 0.306. The first kappa shape index (κ1) is 14.2. The Morgan fingerprint density at radius 1 is 1.05 bits per heavy atom. The topological polar surface area (TPSA) is 29.5 Å². The van der Waals surface area contributed by atoms with Gasteiger partial charge in [-0.1, -0.05) is 43.0 Å². The number of aliphatic hydroxyl groups is 1. The number of benzene rings is 2.